The number of hydrogen-bond donors (Lipinski definition) is 2. The summed E-state index contributed by atoms with van der Waals surface area (Å²) in [6, 6.07) is 5.09. The van der Waals surface area contributed by atoms with Crippen LogP contribution in [0.2, 0.25) is 0 Å². The molecule has 1 heterocycles. The van der Waals surface area contributed by atoms with E-state index < -0.39 is 0 Å². The maximum absolute atomic E-state index is 12.2. The molecular weight excluding hydrogens is 266 g/mol. The molecule has 3 N–H and O–H groups in total. The Labute approximate surface area is 126 Å². The number of carbonyl (C=O) groups excluding carboxylic acids is 1. The lowest BCUT2D eigenvalue weighted by molar-refractivity contribution is 0.0941. The molecule has 5 nitrogen and oxygen atoms in total. The summed E-state index contributed by atoms with van der Waals surface area (Å²) in [6.07, 6.45) is 2.49. The quantitative estimate of drug-likeness (QED) is 0.811. The maximum Gasteiger partial charge on any atom is 0.255 e. The minimum atomic E-state index is -0.135. The number of nitrogens with two attached hydrogens (primary N) is 1. The van der Waals surface area contributed by atoms with Crippen molar-refractivity contribution in [3.63, 3.8) is 0 Å². The number of ether oxygens (including phenoxy) is 1. The van der Waals surface area contributed by atoms with Crippen LogP contribution >= 0.6 is 0 Å². The number of benzene rings is 1. The Morgan fingerprint density at radius 2 is 2.14 bits per heavy atom. The Morgan fingerprint density at radius 3 is 2.81 bits per heavy atom. The highest BCUT2D eigenvalue weighted by Crippen LogP contribution is 2.20. The predicted molar refractivity (Wildman–Crippen MR) is 84.6 cm³/mol. The van der Waals surface area contributed by atoms with Gasteiger partial charge in [0.25, 0.3) is 5.91 Å². The minimum absolute atomic E-state index is 0.135. The van der Waals surface area contributed by atoms with E-state index in [4.69, 9.17) is 10.5 Å². The van der Waals surface area contributed by atoms with Crippen LogP contribution in [0.1, 0.15) is 30.1 Å². The summed E-state index contributed by atoms with van der Waals surface area (Å²) in [4.78, 5) is 14.6. The first-order valence-corrected chi connectivity index (χ1v) is 7.54. The summed E-state index contributed by atoms with van der Waals surface area (Å²) in [5.41, 5.74) is 6.79. The van der Waals surface area contributed by atoms with Gasteiger partial charge in [-0.15, -0.1) is 0 Å². The summed E-state index contributed by atoms with van der Waals surface area (Å²) >= 11 is 0. The standard InChI is InChI=1S/C16H25N3O2/c1-12-5-8-19(9-6-12)10-7-18-16(20)14-11-13(17)3-4-15(14)21-2/h3-4,11-12H,5-10,17H2,1-2H3,(H,18,20). The average molecular weight is 291 g/mol. The summed E-state index contributed by atoms with van der Waals surface area (Å²) in [5, 5.41) is 2.94. The molecule has 1 aromatic carbocycles. The summed E-state index contributed by atoms with van der Waals surface area (Å²) in [6.45, 7) is 6.08. The Kier molecular flexibility index (Phi) is 5.44. The van der Waals surface area contributed by atoms with Crippen molar-refractivity contribution in [1.82, 2.24) is 10.2 Å². The van der Waals surface area contributed by atoms with E-state index in [1.54, 1.807) is 25.3 Å². The van der Waals surface area contributed by atoms with E-state index in [2.05, 4.69) is 17.1 Å². The van der Waals surface area contributed by atoms with Gasteiger partial charge in [0.15, 0.2) is 0 Å². The number of methoxy groups -OCH3 is 1. The van der Waals surface area contributed by atoms with Gasteiger partial charge in [0, 0.05) is 18.8 Å². The van der Waals surface area contributed by atoms with Gasteiger partial charge in [0.2, 0.25) is 0 Å². The molecule has 0 saturated carbocycles. The molecule has 5 heteroatoms. The number of hydrogen-bond acceptors (Lipinski definition) is 4. The molecular formula is C16H25N3O2. The predicted octanol–water partition coefficient (Wildman–Crippen LogP) is 1.74. The number of anilines is 1. The van der Waals surface area contributed by atoms with Crippen molar-refractivity contribution in [1.29, 1.82) is 0 Å². The van der Waals surface area contributed by atoms with Gasteiger partial charge in [0.05, 0.1) is 12.7 Å². The second kappa shape index (κ2) is 7.31. The average Bonchev–Trinajstić information content (AvgIpc) is 2.49. The smallest absolute Gasteiger partial charge is 0.255 e. The molecule has 1 fully saturated rings. The number of nitrogens with one attached hydrogen (secondary N) is 1. The van der Waals surface area contributed by atoms with E-state index in [9.17, 15) is 4.79 Å². The van der Waals surface area contributed by atoms with Gasteiger partial charge < -0.3 is 20.7 Å². The Bertz CT molecular complexity index is 482. The van der Waals surface area contributed by atoms with Crippen LogP contribution in [0.5, 0.6) is 5.75 Å². The van der Waals surface area contributed by atoms with Gasteiger partial charge in [-0.05, 0) is 50.0 Å². The molecule has 0 spiro atoms. The van der Waals surface area contributed by atoms with Gasteiger partial charge in [0.1, 0.15) is 5.75 Å². The molecule has 21 heavy (non-hydrogen) atoms. The largest absolute Gasteiger partial charge is 0.496 e. The van der Waals surface area contributed by atoms with Crippen LogP contribution in [-0.2, 0) is 0 Å². The topological polar surface area (TPSA) is 67.6 Å². The van der Waals surface area contributed by atoms with Gasteiger partial charge in [-0.2, -0.15) is 0 Å². The van der Waals surface area contributed by atoms with Gasteiger partial charge >= 0.3 is 0 Å². The Hall–Kier alpha value is -1.75. The lowest BCUT2D eigenvalue weighted by atomic mass is 9.99. The monoisotopic (exact) mass is 291 g/mol. The highest BCUT2D eigenvalue weighted by molar-refractivity contribution is 5.97. The Balaban J connectivity index is 1.83. The van der Waals surface area contributed by atoms with Crippen molar-refractivity contribution >= 4 is 11.6 Å². The van der Waals surface area contributed by atoms with Crippen LogP contribution in [0, 0.1) is 5.92 Å². The van der Waals surface area contributed by atoms with Crippen LogP contribution in [0.15, 0.2) is 18.2 Å². The molecule has 2 rings (SSSR count). The molecule has 1 aliphatic heterocycles. The number of carbonyl (C=O) groups is 1. The Morgan fingerprint density at radius 1 is 1.43 bits per heavy atom. The van der Waals surface area contributed by atoms with Gasteiger partial charge in [-0.1, -0.05) is 6.92 Å². The SMILES string of the molecule is COc1ccc(N)cc1C(=O)NCCN1CCC(C)CC1. The molecule has 1 aromatic rings. The number of likely N-dealkylation sites (tertiary alicyclic amines) is 1. The first-order valence-electron chi connectivity index (χ1n) is 7.54. The molecule has 0 atom stereocenters. The van der Waals surface area contributed by atoms with E-state index in [0.717, 1.165) is 25.6 Å². The molecule has 1 amide bonds. The molecule has 0 aromatic heterocycles. The fourth-order valence-electron chi connectivity index (χ4n) is 2.61. The first kappa shape index (κ1) is 15.6. The zero-order valence-electron chi connectivity index (χ0n) is 12.9. The molecule has 0 unspecified atom stereocenters. The van der Waals surface area contributed by atoms with Crippen LogP contribution in [0.4, 0.5) is 5.69 Å². The number of rotatable bonds is 5. The zero-order chi connectivity index (χ0) is 15.2. The van der Waals surface area contributed by atoms with Gasteiger partial charge in [-0.25, -0.2) is 0 Å². The van der Waals surface area contributed by atoms with Crippen molar-refractivity contribution < 1.29 is 9.53 Å². The third kappa shape index (κ3) is 4.36. The molecule has 1 aliphatic rings. The van der Waals surface area contributed by atoms with E-state index in [0.29, 0.717) is 23.5 Å². The second-order valence-electron chi connectivity index (χ2n) is 5.74. The highest BCUT2D eigenvalue weighted by atomic mass is 16.5. The van der Waals surface area contributed by atoms with Crippen LogP contribution in [0.3, 0.4) is 0 Å². The third-order valence-electron chi connectivity index (χ3n) is 4.06. The lowest BCUT2D eigenvalue weighted by Gasteiger charge is -2.30. The van der Waals surface area contributed by atoms with Crippen LogP contribution in [-0.4, -0.2) is 44.1 Å². The lowest BCUT2D eigenvalue weighted by Crippen LogP contribution is -2.39. The van der Waals surface area contributed by atoms with Crippen molar-refractivity contribution in [2.75, 3.05) is 39.0 Å². The van der Waals surface area contributed by atoms with Crippen molar-refractivity contribution in [3.8, 4) is 5.75 Å². The summed E-state index contributed by atoms with van der Waals surface area (Å²) < 4.78 is 5.20. The van der Waals surface area contributed by atoms with Crippen LogP contribution in [0.25, 0.3) is 0 Å². The summed E-state index contributed by atoms with van der Waals surface area (Å²) in [7, 11) is 1.55. The number of nitrogen functional groups attached to an aromatic ring is 1. The van der Waals surface area contributed by atoms with Crippen molar-refractivity contribution in [2.45, 2.75) is 19.8 Å². The molecule has 0 bridgehead atoms. The number of amides is 1. The fourth-order valence-corrected chi connectivity index (χ4v) is 2.61. The van der Waals surface area contributed by atoms with E-state index in [-0.39, 0.29) is 5.91 Å². The first-order chi connectivity index (χ1) is 10.1. The van der Waals surface area contributed by atoms with Gasteiger partial charge in [-0.3, -0.25) is 4.79 Å². The fraction of sp³-hybridized carbons (Fsp3) is 0.562. The third-order valence-corrected chi connectivity index (χ3v) is 4.06. The van der Waals surface area contributed by atoms with E-state index >= 15 is 0 Å². The van der Waals surface area contributed by atoms with Crippen molar-refractivity contribution in [2.24, 2.45) is 5.92 Å². The van der Waals surface area contributed by atoms with E-state index in [1.807, 2.05) is 0 Å². The minimum Gasteiger partial charge on any atom is -0.496 e. The number of piperidine rings is 1. The molecule has 1 saturated heterocycles. The van der Waals surface area contributed by atoms with Crippen molar-refractivity contribution in [3.05, 3.63) is 23.8 Å². The van der Waals surface area contributed by atoms with E-state index in [1.165, 1.54) is 12.8 Å². The highest BCUT2D eigenvalue weighted by Gasteiger charge is 2.16. The molecule has 0 radical (unpaired) electrons. The molecule has 0 aliphatic carbocycles. The second-order valence-corrected chi connectivity index (χ2v) is 5.74. The zero-order valence-corrected chi connectivity index (χ0v) is 12.9. The molecule has 116 valence electrons. The number of nitrogens with zero attached hydrogens (tertiary/aromatic N) is 1. The summed E-state index contributed by atoms with van der Waals surface area (Å²) in [5.74, 6) is 1.24. The van der Waals surface area contributed by atoms with Crippen LogP contribution < -0.4 is 15.8 Å². The normalized spacial score (nSPS) is 16.7. The maximum atomic E-state index is 12.2.